The van der Waals surface area contributed by atoms with Gasteiger partial charge in [-0.1, -0.05) is 0 Å². The maximum absolute atomic E-state index is 9.03. The van der Waals surface area contributed by atoms with Crippen molar-refractivity contribution >= 4 is 25.5 Å². The fourth-order valence-electron chi connectivity index (χ4n) is 1.78. The number of aliphatic hydroxyl groups is 1. The Morgan fingerprint density at radius 3 is 2.21 bits per heavy atom. The van der Waals surface area contributed by atoms with Crippen molar-refractivity contribution in [2.24, 2.45) is 0 Å². The van der Waals surface area contributed by atoms with E-state index >= 15 is 0 Å². The van der Waals surface area contributed by atoms with Gasteiger partial charge < -0.3 is 0 Å². The quantitative estimate of drug-likeness (QED) is 0.812. The SMILES string of the molecule is OCCC/C(=C/c1ccccc1)[Se]c1ccccc1. The summed E-state index contributed by atoms with van der Waals surface area (Å²) in [5.74, 6) is 0. The van der Waals surface area contributed by atoms with Crippen molar-refractivity contribution < 1.29 is 5.11 Å². The first kappa shape index (κ1) is 14.1. The third kappa shape index (κ3) is 5.04. The number of aliphatic hydroxyl groups excluding tert-OH is 1. The number of hydrogen-bond donors (Lipinski definition) is 1. The van der Waals surface area contributed by atoms with Crippen molar-refractivity contribution in [3.05, 3.63) is 70.7 Å². The van der Waals surface area contributed by atoms with Gasteiger partial charge >= 0.3 is 121 Å². The van der Waals surface area contributed by atoms with Crippen LogP contribution in [0.3, 0.4) is 0 Å². The van der Waals surface area contributed by atoms with E-state index < -0.39 is 0 Å². The number of benzene rings is 2. The molecule has 0 aliphatic heterocycles. The van der Waals surface area contributed by atoms with Crippen LogP contribution in [0.25, 0.3) is 6.08 Å². The van der Waals surface area contributed by atoms with Crippen LogP contribution in [-0.2, 0) is 0 Å². The van der Waals surface area contributed by atoms with Gasteiger partial charge in [0.2, 0.25) is 0 Å². The van der Waals surface area contributed by atoms with Crippen molar-refractivity contribution in [2.45, 2.75) is 12.8 Å². The van der Waals surface area contributed by atoms with Gasteiger partial charge in [-0.3, -0.25) is 0 Å². The van der Waals surface area contributed by atoms with Gasteiger partial charge in [-0.15, -0.1) is 0 Å². The predicted octanol–water partition coefficient (Wildman–Crippen LogP) is 2.83. The second-order valence-electron chi connectivity index (χ2n) is 4.26. The summed E-state index contributed by atoms with van der Waals surface area (Å²) >= 11 is 0.340. The summed E-state index contributed by atoms with van der Waals surface area (Å²) < 4.78 is 2.81. The first-order chi connectivity index (χ1) is 9.38. The third-order valence-corrected chi connectivity index (χ3v) is 4.99. The Hall–Kier alpha value is -1.34. The predicted molar refractivity (Wildman–Crippen MR) is 82.6 cm³/mol. The normalized spacial score (nSPS) is 11.5. The number of allylic oxidation sites excluding steroid dienone is 1. The van der Waals surface area contributed by atoms with Crippen LogP contribution in [0.15, 0.2) is 65.1 Å². The molecule has 19 heavy (non-hydrogen) atoms. The van der Waals surface area contributed by atoms with Gasteiger partial charge in [0.1, 0.15) is 0 Å². The van der Waals surface area contributed by atoms with Crippen molar-refractivity contribution in [3.8, 4) is 0 Å². The molecule has 2 aromatic carbocycles. The Labute approximate surface area is 121 Å². The summed E-state index contributed by atoms with van der Waals surface area (Å²) in [6.07, 6.45) is 4.08. The fraction of sp³-hybridized carbons (Fsp3) is 0.176. The summed E-state index contributed by atoms with van der Waals surface area (Å²) in [5, 5.41) is 9.03. The van der Waals surface area contributed by atoms with Crippen molar-refractivity contribution in [2.75, 3.05) is 6.61 Å². The van der Waals surface area contributed by atoms with Crippen molar-refractivity contribution in [1.29, 1.82) is 0 Å². The summed E-state index contributed by atoms with van der Waals surface area (Å²) in [6.45, 7) is 0.261. The topological polar surface area (TPSA) is 20.2 Å². The average molecular weight is 317 g/mol. The van der Waals surface area contributed by atoms with E-state index in [4.69, 9.17) is 5.11 Å². The molecule has 1 N–H and O–H groups in total. The van der Waals surface area contributed by atoms with Crippen molar-refractivity contribution in [1.82, 2.24) is 0 Å². The van der Waals surface area contributed by atoms with Gasteiger partial charge in [0.15, 0.2) is 0 Å². The molecule has 0 bridgehead atoms. The molecule has 2 aromatic rings. The van der Waals surface area contributed by atoms with Gasteiger partial charge in [0.25, 0.3) is 0 Å². The zero-order chi connectivity index (χ0) is 13.3. The van der Waals surface area contributed by atoms with E-state index in [9.17, 15) is 0 Å². The first-order valence-corrected chi connectivity index (χ1v) is 8.19. The fourth-order valence-corrected chi connectivity index (χ4v) is 3.96. The molecule has 0 aliphatic carbocycles. The molecule has 2 rings (SSSR count). The summed E-state index contributed by atoms with van der Waals surface area (Å²) in [5.41, 5.74) is 1.24. The summed E-state index contributed by atoms with van der Waals surface area (Å²) in [7, 11) is 0. The molecule has 0 unspecified atom stereocenters. The van der Waals surface area contributed by atoms with Gasteiger partial charge in [0.05, 0.1) is 0 Å². The molecule has 0 spiro atoms. The van der Waals surface area contributed by atoms with E-state index in [0.717, 1.165) is 12.8 Å². The average Bonchev–Trinajstić information content (AvgIpc) is 2.47. The van der Waals surface area contributed by atoms with Crippen LogP contribution in [0.4, 0.5) is 0 Å². The monoisotopic (exact) mass is 318 g/mol. The van der Waals surface area contributed by atoms with Gasteiger partial charge in [-0.25, -0.2) is 0 Å². The Morgan fingerprint density at radius 2 is 1.58 bits per heavy atom. The van der Waals surface area contributed by atoms with Crippen LogP contribution in [-0.4, -0.2) is 26.7 Å². The summed E-state index contributed by atoms with van der Waals surface area (Å²) in [6, 6.07) is 21.0. The van der Waals surface area contributed by atoms with E-state index in [1.54, 1.807) is 0 Å². The molecule has 0 atom stereocenters. The molecular formula is C17H18OSe. The molecule has 0 fully saturated rings. The van der Waals surface area contributed by atoms with E-state index in [2.05, 4.69) is 54.6 Å². The van der Waals surface area contributed by atoms with E-state index in [0.29, 0.717) is 15.0 Å². The zero-order valence-electron chi connectivity index (χ0n) is 10.8. The van der Waals surface area contributed by atoms with E-state index in [1.807, 2.05) is 12.1 Å². The summed E-state index contributed by atoms with van der Waals surface area (Å²) in [4.78, 5) is 0. The molecule has 0 amide bonds. The standard InChI is InChI=1S/C17H18OSe/c18-13-7-12-17(14-15-8-3-1-4-9-15)19-16-10-5-2-6-11-16/h1-6,8-11,14,18H,7,12-13H2/b17-14-. The molecule has 0 radical (unpaired) electrons. The molecule has 2 heteroatoms. The van der Waals surface area contributed by atoms with E-state index in [1.165, 1.54) is 14.5 Å². The van der Waals surface area contributed by atoms with Crippen LogP contribution in [0.2, 0.25) is 0 Å². The van der Waals surface area contributed by atoms with Crippen LogP contribution in [0, 0.1) is 0 Å². The minimum absolute atomic E-state index is 0.261. The number of rotatable bonds is 6. The molecule has 0 heterocycles. The molecule has 0 saturated carbocycles. The van der Waals surface area contributed by atoms with Crippen LogP contribution >= 0.6 is 0 Å². The molecule has 0 aliphatic rings. The first-order valence-electron chi connectivity index (χ1n) is 6.48. The van der Waals surface area contributed by atoms with Gasteiger partial charge in [0, 0.05) is 0 Å². The molecule has 98 valence electrons. The Bertz CT molecular complexity index is 505. The number of hydrogen-bond acceptors (Lipinski definition) is 1. The Morgan fingerprint density at radius 1 is 0.947 bits per heavy atom. The van der Waals surface area contributed by atoms with Gasteiger partial charge in [-0.05, 0) is 0 Å². The maximum atomic E-state index is 9.03. The minimum atomic E-state index is 0.261. The van der Waals surface area contributed by atoms with E-state index in [-0.39, 0.29) is 6.61 Å². The van der Waals surface area contributed by atoms with Crippen LogP contribution in [0.5, 0.6) is 0 Å². The zero-order valence-corrected chi connectivity index (χ0v) is 12.5. The second-order valence-corrected chi connectivity index (χ2v) is 6.78. The third-order valence-electron chi connectivity index (χ3n) is 2.70. The molecular weight excluding hydrogens is 299 g/mol. The van der Waals surface area contributed by atoms with Crippen LogP contribution < -0.4 is 4.46 Å². The van der Waals surface area contributed by atoms with Crippen molar-refractivity contribution in [3.63, 3.8) is 0 Å². The second kappa shape index (κ2) is 7.96. The van der Waals surface area contributed by atoms with Gasteiger partial charge in [-0.2, -0.15) is 0 Å². The Balaban J connectivity index is 2.14. The Kier molecular flexibility index (Phi) is 5.89. The molecule has 0 saturated heterocycles. The molecule has 0 aromatic heterocycles. The van der Waals surface area contributed by atoms with Crippen LogP contribution in [0.1, 0.15) is 18.4 Å². The molecule has 1 nitrogen and oxygen atoms in total.